The zero-order chi connectivity index (χ0) is 25.1. The number of hydrogen-bond acceptors (Lipinski definition) is 5. The third kappa shape index (κ3) is 5.03. The highest BCUT2D eigenvalue weighted by Crippen LogP contribution is 2.40. The number of carbonyl (C=O) groups excluding carboxylic acids is 2. The number of rotatable bonds is 8. The Balaban J connectivity index is 1.21. The number of nitrogens with zero attached hydrogens (tertiary/aromatic N) is 2. The summed E-state index contributed by atoms with van der Waals surface area (Å²) in [6, 6.07) is 19.1. The first kappa shape index (κ1) is 24.1. The summed E-state index contributed by atoms with van der Waals surface area (Å²) in [7, 11) is 0. The molecule has 3 aromatic rings. The second-order valence-corrected chi connectivity index (χ2v) is 10.6. The normalized spacial score (nSPS) is 19.3. The van der Waals surface area contributed by atoms with Crippen LogP contribution in [0.25, 0.3) is 10.8 Å². The van der Waals surface area contributed by atoms with Gasteiger partial charge in [0.1, 0.15) is 17.1 Å². The number of pyridine rings is 1. The zero-order valence-electron chi connectivity index (χ0n) is 19.2. The molecule has 9 heteroatoms. The number of hydrogen-bond donors (Lipinski definition) is 2. The summed E-state index contributed by atoms with van der Waals surface area (Å²) in [5.74, 6) is -1.16. The molecule has 182 valence electrons. The van der Waals surface area contributed by atoms with Gasteiger partial charge in [-0.15, -0.1) is 23.5 Å². The lowest BCUT2D eigenvalue weighted by atomic mass is 10.0. The zero-order valence-corrected chi connectivity index (χ0v) is 20.9. The maximum atomic E-state index is 12.9. The van der Waals surface area contributed by atoms with Crippen LogP contribution in [0, 0.1) is 0 Å². The Bertz CT molecular complexity index is 1390. The lowest BCUT2D eigenvalue weighted by Crippen LogP contribution is -2.70. The van der Waals surface area contributed by atoms with Gasteiger partial charge in [-0.05, 0) is 34.6 Å². The van der Waals surface area contributed by atoms with Crippen LogP contribution in [0.5, 0.6) is 0 Å². The molecule has 0 aliphatic carbocycles. The van der Waals surface area contributed by atoms with E-state index in [1.807, 2.05) is 83.7 Å². The Morgan fingerprint density at radius 1 is 1.11 bits per heavy atom. The van der Waals surface area contributed by atoms with Crippen molar-refractivity contribution in [3.05, 3.63) is 96.5 Å². The number of benzene rings is 2. The molecule has 2 aliphatic rings. The van der Waals surface area contributed by atoms with Crippen molar-refractivity contribution >= 4 is 52.1 Å². The van der Waals surface area contributed by atoms with Crippen molar-refractivity contribution in [1.29, 1.82) is 0 Å². The fourth-order valence-corrected chi connectivity index (χ4v) is 6.34. The van der Waals surface area contributed by atoms with Gasteiger partial charge in [0.25, 0.3) is 5.91 Å². The highest BCUT2D eigenvalue weighted by atomic mass is 32.2. The second kappa shape index (κ2) is 10.6. The van der Waals surface area contributed by atoms with Crippen LogP contribution in [0.3, 0.4) is 0 Å². The summed E-state index contributed by atoms with van der Waals surface area (Å²) in [5.41, 5.74) is 0.583. The van der Waals surface area contributed by atoms with Gasteiger partial charge < -0.3 is 10.4 Å². The van der Waals surface area contributed by atoms with Gasteiger partial charge in [0, 0.05) is 22.8 Å². The number of thioether (sulfide) groups is 2. The minimum atomic E-state index is -1.14. The topological polar surface area (TPSA) is 90.6 Å². The molecule has 0 bridgehead atoms. The number of amides is 2. The molecule has 0 radical (unpaired) electrons. The Morgan fingerprint density at radius 2 is 1.89 bits per heavy atom. The van der Waals surface area contributed by atoms with E-state index in [4.69, 9.17) is 0 Å². The van der Waals surface area contributed by atoms with Crippen molar-refractivity contribution in [3.8, 4) is 0 Å². The summed E-state index contributed by atoms with van der Waals surface area (Å²) < 4.78 is 1.96. The van der Waals surface area contributed by atoms with Crippen molar-refractivity contribution in [2.45, 2.75) is 22.9 Å². The first-order valence-corrected chi connectivity index (χ1v) is 13.5. The van der Waals surface area contributed by atoms with E-state index < -0.39 is 23.3 Å². The molecular weight excluding hydrogens is 494 g/mol. The van der Waals surface area contributed by atoms with E-state index >= 15 is 0 Å². The minimum absolute atomic E-state index is 0.00546. The molecule has 3 heterocycles. The maximum Gasteiger partial charge on any atom is 0.352 e. The van der Waals surface area contributed by atoms with Crippen molar-refractivity contribution in [1.82, 2.24) is 10.2 Å². The number of fused-ring (bicyclic) bond motifs is 2. The van der Waals surface area contributed by atoms with Gasteiger partial charge in [-0.2, -0.15) is 0 Å². The molecule has 0 saturated carbocycles. The van der Waals surface area contributed by atoms with Gasteiger partial charge in [0.15, 0.2) is 18.9 Å². The average molecular weight is 519 g/mol. The Hall–Kier alpha value is -3.56. The molecule has 0 unspecified atom stereocenters. The van der Waals surface area contributed by atoms with E-state index in [0.717, 1.165) is 15.7 Å². The predicted molar refractivity (Wildman–Crippen MR) is 140 cm³/mol. The van der Waals surface area contributed by atoms with Crippen LogP contribution in [-0.4, -0.2) is 50.7 Å². The van der Waals surface area contributed by atoms with E-state index in [2.05, 4.69) is 5.32 Å². The summed E-state index contributed by atoms with van der Waals surface area (Å²) in [4.78, 5) is 39.8. The molecule has 1 fully saturated rings. The third-order valence-electron chi connectivity index (χ3n) is 6.02. The Kier molecular flexibility index (Phi) is 7.11. The molecule has 5 rings (SSSR count). The highest BCUT2D eigenvalue weighted by molar-refractivity contribution is 8.00. The second-order valence-electron chi connectivity index (χ2n) is 8.41. The highest BCUT2D eigenvalue weighted by Gasteiger charge is 2.53. The van der Waals surface area contributed by atoms with E-state index in [0.29, 0.717) is 17.9 Å². The SMILES string of the molecule is O=C(CSc1ccc2ccccc2c1)N[C@@H]1C(=O)N2C(C(=O)O)=C(/C=C/C[n+]3ccccc3)CS[C@H]12. The Morgan fingerprint density at radius 3 is 2.67 bits per heavy atom. The van der Waals surface area contributed by atoms with Crippen molar-refractivity contribution in [2.75, 3.05) is 11.5 Å². The molecule has 2 amide bonds. The molecule has 36 heavy (non-hydrogen) atoms. The van der Waals surface area contributed by atoms with Gasteiger partial charge in [0.2, 0.25) is 5.91 Å². The molecule has 2 N–H and O–H groups in total. The molecule has 2 aromatic carbocycles. The monoisotopic (exact) mass is 518 g/mol. The number of aromatic nitrogens is 1. The number of carbonyl (C=O) groups is 3. The minimum Gasteiger partial charge on any atom is -0.477 e. The summed E-state index contributed by atoms with van der Waals surface area (Å²) in [5, 5.41) is 14.5. The van der Waals surface area contributed by atoms with Gasteiger partial charge in [-0.3, -0.25) is 14.5 Å². The number of aliphatic carboxylic acids is 1. The largest absolute Gasteiger partial charge is 0.477 e. The average Bonchev–Trinajstić information content (AvgIpc) is 2.90. The lowest BCUT2D eigenvalue weighted by molar-refractivity contribution is -0.687. The quantitative estimate of drug-likeness (QED) is 0.270. The van der Waals surface area contributed by atoms with Crippen molar-refractivity contribution < 1.29 is 24.1 Å². The van der Waals surface area contributed by atoms with E-state index in [-0.39, 0.29) is 17.4 Å². The smallest absolute Gasteiger partial charge is 0.352 e. The van der Waals surface area contributed by atoms with Crippen LogP contribution in [0.15, 0.2) is 101 Å². The van der Waals surface area contributed by atoms with Crippen LogP contribution in [0.4, 0.5) is 0 Å². The number of allylic oxidation sites excluding steroid dienone is 2. The summed E-state index contributed by atoms with van der Waals surface area (Å²) in [6.07, 6.45) is 7.50. The number of carboxylic acid groups (broad SMARTS) is 1. The van der Waals surface area contributed by atoms with Gasteiger partial charge >= 0.3 is 5.97 Å². The standard InChI is InChI=1S/C27H23N3O4S2/c31-22(17-35-21-11-10-18-7-2-3-8-19(18)15-21)28-23-25(32)30-24(27(33)34)20(16-36-26(23)30)9-6-14-29-12-4-1-5-13-29/h1-13,15,23,26H,14,16-17H2,(H-,28,31,33,34)/p+1/b9-6+/t23-,26-/m1/s1. The van der Waals surface area contributed by atoms with Crippen LogP contribution in [-0.2, 0) is 20.9 Å². The molecule has 1 saturated heterocycles. The Labute approximate surface area is 216 Å². The fourth-order valence-electron chi connectivity index (χ4n) is 4.26. The molecule has 0 spiro atoms. The first-order chi connectivity index (χ1) is 17.5. The van der Waals surface area contributed by atoms with E-state index in [1.54, 1.807) is 6.08 Å². The molecule has 2 aliphatic heterocycles. The van der Waals surface area contributed by atoms with Gasteiger partial charge in [-0.1, -0.05) is 42.5 Å². The molecule has 2 atom stereocenters. The summed E-state index contributed by atoms with van der Waals surface area (Å²) in [6.45, 7) is 0.590. The van der Waals surface area contributed by atoms with Gasteiger partial charge in [0.05, 0.1) is 5.75 Å². The molecular formula is C27H24N3O4S2+. The van der Waals surface area contributed by atoms with Crippen LogP contribution in [0.1, 0.15) is 0 Å². The predicted octanol–water partition coefficient (Wildman–Crippen LogP) is 3.21. The number of β-lactam (4-membered cyclic amide) rings is 1. The fraction of sp³-hybridized carbons (Fsp3) is 0.185. The molecule has 1 aromatic heterocycles. The molecule has 7 nitrogen and oxygen atoms in total. The first-order valence-electron chi connectivity index (χ1n) is 11.4. The van der Waals surface area contributed by atoms with Crippen molar-refractivity contribution in [2.24, 2.45) is 0 Å². The van der Waals surface area contributed by atoms with E-state index in [1.165, 1.54) is 28.4 Å². The summed E-state index contributed by atoms with van der Waals surface area (Å²) >= 11 is 2.87. The van der Waals surface area contributed by atoms with Gasteiger partial charge in [-0.25, -0.2) is 9.36 Å². The third-order valence-corrected chi connectivity index (χ3v) is 8.32. The van der Waals surface area contributed by atoms with Crippen LogP contribution < -0.4 is 9.88 Å². The number of carboxylic acids is 1. The van der Waals surface area contributed by atoms with E-state index in [9.17, 15) is 19.5 Å². The number of nitrogens with one attached hydrogen (secondary N) is 1. The van der Waals surface area contributed by atoms with Crippen LogP contribution in [0.2, 0.25) is 0 Å². The van der Waals surface area contributed by atoms with Crippen LogP contribution >= 0.6 is 23.5 Å². The van der Waals surface area contributed by atoms with Crippen molar-refractivity contribution in [3.63, 3.8) is 0 Å². The maximum absolute atomic E-state index is 12.9. The lowest BCUT2D eigenvalue weighted by Gasteiger charge is -2.49.